The molecule has 0 atom stereocenters. The van der Waals surface area contributed by atoms with Gasteiger partial charge in [0.05, 0.1) is 23.1 Å². The molecule has 4 nitrogen and oxygen atoms in total. The Hall–Kier alpha value is -0.805. The average molecular weight is 236 g/mol. The zero-order valence-electron chi connectivity index (χ0n) is 11.4. The van der Waals surface area contributed by atoms with Gasteiger partial charge in [-0.2, -0.15) is 0 Å². The van der Waals surface area contributed by atoms with E-state index in [1.807, 2.05) is 12.5 Å². The molecule has 0 amide bonds. The van der Waals surface area contributed by atoms with E-state index in [2.05, 4.69) is 44.2 Å². The molecule has 17 heavy (non-hydrogen) atoms. The average Bonchev–Trinajstić information content (AvgIpc) is 2.71. The third-order valence-electron chi connectivity index (χ3n) is 3.63. The van der Waals surface area contributed by atoms with Gasteiger partial charge in [0, 0.05) is 12.7 Å². The van der Waals surface area contributed by atoms with Crippen molar-refractivity contribution in [2.45, 2.75) is 58.8 Å². The Bertz CT molecular complexity index is 385. The number of hydrogen-bond acceptors (Lipinski definition) is 3. The zero-order valence-corrected chi connectivity index (χ0v) is 11.4. The largest absolute Gasteiger partial charge is 0.516 e. The van der Waals surface area contributed by atoms with Crippen LogP contribution in [0, 0.1) is 0 Å². The van der Waals surface area contributed by atoms with E-state index >= 15 is 0 Å². The molecule has 1 aliphatic heterocycles. The highest BCUT2D eigenvalue weighted by Crippen LogP contribution is 2.36. The van der Waals surface area contributed by atoms with E-state index in [9.17, 15) is 0 Å². The number of hydrogen-bond donors (Lipinski definition) is 0. The van der Waals surface area contributed by atoms with Crippen molar-refractivity contribution in [2.24, 2.45) is 0 Å². The molecule has 0 spiro atoms. The second kappa shape index (κ2) is 4.14. The van der Waals surface area contributed by atoms with E-state index in [1.165, 1.54) is 0 Å². The first kappa shape index (κ1) is 12.6. The van der Waals surface area contributed by atoms with Crippen molar-refractivity contribution in [3.63, 3.8) is 0 Å². The molecule has 0 saturated carbocycles. The first-order valence-electron chi connectivity index (χ1n) is 6.23. The molecule has 1 aromatic rings. The van der Waals surface area contributed by atoms with Crippen LogP contribution in [0.5, 0.6) is 0 Å². The predicted molar refractivity (Wildman–Crippen MR) is 68.2 cm³/mol. The molecule has 5 heteroatoms. The summed E-state index contributed by atoms with van der Waals surface area (Å²) >= 11 is 0. The molecular formula is C12H21BN2O2. The Morgan fingerprint density at radius 2 is 1.82 bits per heavy atom. The van der Waals surface area contributed by atoms with Gasteiger partial charge in [-0.1, -0.05) is 6.92 Å². The van der Waals surface area contributed by atoms with Crippen molar-refractivity contribution in [2.75, 3.05) is 0 Å². The van der Waals surface area contributed by atoms with Gasteiger partial charge in [-0.3, -0.25) is 0 Å². The van der Waals surface area contributed by atoms with Gasteiger partial charge in [-0.15, -0.1) is 0 Å². The van der Waals surface area contributed by atoms with Gasteiger partial charge in [0.15, 0.2) is 0 Å². The van der Waals surface area contributed by atoms with Crippen molar-refractivity contribution >= 4 is 12.7 Å². The van der Waals surface area contributed by atoms with E-state index < -0.39 is 0 Å². The Balaban J connectivity index is 2.14. The van der Waals surface area contributed by atoms with Crippen LogP contribution in [-0.2, 0) is 15.9 Å². The lowest BCUT2D eigenvalue weighted by atomic mass is 9.86. The lowest BCUT2D eigenvalue weighted by molar-refractivity contribution is 0.00578. The molecule has 0 bridgehead atoms. The molecule has 94 valence electrons. The Morgan fingerprint density at radius 3 is 2.35 bits per heavy atom. The molecule has 2 heterocycles. The molecule has 0 unspecified atom stereocenters. The third-order valence-corrected chi connectivity index (χ3v) is 3.63. The number of aryl methyl sites for hydroxylation is 1. The van der Waals surface area contributed by atoms with Crippen LogP contribution in [0.4, 0.5) is 0 Å². The minimum Gasteiger partial charge on any atom is -0.398 e. The van der Waals surface area contributed by atoms with Crippen LogP contribution in [0.25, 0.3) is 0 Å². The Kier molecular flexibility index (Phi) is 3.08. The van der Waals surface area contributed by atoms with Crippen molar-refractivity contribution < 1.29 is 9.31 Å². The number of aromatic nitrogens is 2. The number of imidazole rings is 1. The van der Waals surface area contributed by atoms with Gasteiger partial charge in [0.2, 0.25) is 0 Å². The smallest absolute Gasteiger partial charge is 0.398 e. The molecule has 1 aliphatic rings. The van der Waals surface area contributed by atoms with Crippen molar-refractivity contribution in [3.8, 4) is 0 Å². The van der Waals surface area contributed by atoms with Gasteiger partial charge < -0.3 is 13.9 Å². The highest BCUT2D eigenvalue weighted by molar-refractivity contribution is 6.61. The summed E-state index contributed by atoms with van der Waals surface area (Å²) in [6.07, 6.45) is 4.94. The van der Waals surface area contributed by atoms with E-state index in [-0.39, 0.29) is 18.3 Å². The summed E-state index contributed by atoms with van der Waals surface area (Å²) in [4.78, 5) is 4.36. The highest BCUT2D eigenvalue weighted by Gasteiger charge is 2.52. The Morgan fingerprint density at radius 1 is 1.24 bits per heavy atom. The van der Waals surface area contributed by atoms with Gasteiger partial charge in [-0.05, 0) is 34.1 Å². The van der Waals surface area contributed by atoms with E-state index in [0.29, 0.717) is 0 Å². The summed E-state index contributed by atoms with van der Waals surface area (Å²) in [6.45, 7) is 11.3. The van der Waals surface area contributed by atoms with Crippen LogP contribution in [0.3, 0.4) is 0 Å². The molecule has 1 aromatic heterocycles. The van der Waals surface area contributed by atoms with Gasteiger partial charge >= 0.3 is 7.12 Å². The molecule has 2 rings (SSSR count). The second-order valence-corrected chi connectivity index (χ2v) is 5.62. The monoisotopic (exact) mass is 236 g/mol. The molecule has 0 aromatic carbocycles. The third kappa shape index (κ3) is 2.26. The van der Waals surface area contributed by atoms with Crippen LogP contribution in [0.15, 0.2) is 12.5 Å². The van der Waals surface area contributed by atoms with Crippen LogP contribution < -0.4 is 5.59 Å². The van der Waals surface area contributed by atoms with Crippen molar-refractivity contribution in [1.82, 2.24) is 9.55 Å². The number of nitrogens with zero attached hydrogens (tertiary/aromatic N) is 2. The maximum Gasteiger partial charge on any atom is 0.516 e. The summed E-state index contributed by atoms with van der Waals surface area (Å²) < 4.78 is 14.0. The fourth-order valence-corrected chi connectivity index (χ4v) is 1.84. The quantitative estimate of drug-likeness (QED) is 0.748. The topological polar surface area (TPSA) is 36.3 Å². The predicted octanol–water partition coefficient (Wildman–Crippen LogP) is 1.59. The SMILES string of the molecule is CCCn1cnc(B2OC(C)(C)C(C)(C)O2)c1. The van der Waals surface area contributed by atoms with Crippen LogP contribution >= 0.6 is 0 Å². The minimum atomic E-state index is -0.349. The summed E-state index contributed by atoms with van der Waals surface area (Å²) in [7, 11) is -0.349. The van der Waals surface area contributed by atoms with Crippen LogP contribution in [-0.4, -0.2) is 27.9 Å². The first-order chi connectivity index (χ1) is 7.86. The van der Waals surface area contributed by atoms with E-state index in [0.717, 1.165) is 18.6 Å². The van der Waals surface area contributed by atoms with Gasteiger partial charge in [-0.25, -0.2) is 4.98 Å². The van der Waals surface area contributed by atoms with Crippen molar-refractivity contribution in [3.05, 3.63) is 12.5 Å². The Labute approximate surface area is 103 Å². The summed E-state index contributed by atoms with van der Waals surface area (Å²) in [5.74, 6) is 0. The zero-order chi connectivity index (χ0) is 12.7. The molecular weight excluding hydrogens is 215 g/mol. The van der Waals surface area contributed by atoms with Gasteiger partial charge in [0.25, 0.3) is 0 Å². The lowest BCUT2D eigenvalue weighted by Gasteiger charge is -2.32. The molecule has 0 aliphatic carbocycles. The van der Waals surface area contributed by atoms with Crippen LogP contribution in [0.1, 0.15) is 41.0 Å². The van der Waals surface area contributed by atoms with E-state index in [1.54, 1.807) is 0 Å². The molecule has 1 fully saturated rings. The summed E-state index contributed by atoms with van der Waals surface area (Å²) in [5, 5.41) is 0. The van der Waals surface area contributed by atoms with Gasteiger partial charge in [0.1, 0.15) is 0 Å². The standard InChI is InChI=1S/C12H21BN2O2/c1-6-7-15-8-10(14-9-15)13-16-11(2,3)12(4,5)17-13/h8-9H,6-7H2,1-5H3. The highest BCUT2D eigenvalue weighted by atomic mass is 16.7. The minimum absolute atomic E-state index is 0.299. The second-order valence-electron chi connectivity index (χ2n) is 5.62. The molecule has 0 N–H and O–H groups in total. The fraction of sp³-hybridized carbons (Fsp3) is 0.750. The maximum atomic E-state index is 5.94. The number of rotatable bonds is 3. The molecule has 0 radical (unpaired) electrons. The molecule has 1 saturated heterocycles. The van der Waals surface area contributed by atoms with Crippen LogP contribution in [0.2, 0.25) is 0 Å². The fourth-order valence-electron chi connectivity index (χ4n) is 1.84. The van der Waals surface area contributed by atoms with Crippen molar-refractivity contribution in [1.29, 1.82) is 0 Å². The normalized spacial score (nSPS) is 22.1. The lowest BCUT2D eigenvalue weighted by Crippen LogP contribution is -2.41. The summed E-state index contributed by atoms with van der Waals surface area (Å²) in [5.41, 5.74) is 0.260. The maximum absolute atomic E-state index is 5.94. The summed E-state index contributed by atoms with van der Waals surface area (Å²) in [6, 6.07) is 0. The van der Waals surface area contributed by atoms with E-state index in [4.69, 9.17) is 9.31 Å². The first-order valence-corrected chi connectivity index (χ1v) is 6.23.